The molecule has 4 rings (SSSR count). The molecule has 2 aromatic heterocycles. The monoisotopic (exact) mass is 481 g/mol. The Morgan fingerprint density at radius 1 is 0.972 bits per heavy atom. The third kappa shape index (κ3) is 5.71. The van der Waals surface area contributed by atoms with Crippen molar-refractivity contribution in [3.05, 3.63) is 108 Å². The maximum atomic E-state index is 13.1. The SMILES string of the molecule is C[C@H](NC(=O)/C(=C\c1cn(-c2ccccc2)nc1-c1cccnc1)NC(=O)c1ccccc1)C(=O)O. The molecule has 2 aromatic carbocycles. The number of amides is 2. The highest BCUT2D eigenvalue weighted by molar-refractivity contribution is 6.06. The van der Waals surface area contributed by atoms with Gasteiger partial charge in [0, 0.05) is 35.3 Å². The number of pyridine rings is 1. The van der Waals surface area contributed by atoms with Gasteiger partial charge >= 0.3 is 5.97 Å². The van der Waals surface area contributed by atoms with Crippen molar-refractivity contribution in [2.75, 3.05) is 0 Å². The van der Waals surface area contributed by atoms with Crippen LogP contribution in [0.3, 0.4) is 0 Å². The van der Waals surface area contributed by atoms with E-state index >= 15 is 0 Å². The number of carboxylic acid groups (broad SMARTS) is 1. The van der Waals surface area contributed by atoms with Gasteiger partial charge in [-0.1, -0.05) is 36.4 Å². The van der Waals surface area contributed by atoms with Gasteiger partial charge in [-0.15, -0.1) is 0 Å². The van der Waals surface area contributed by atoms with Gasteiger partial charge in [-0.25, -0.2) is 4.68 Å². The number of aromatic nitrogens is 3. The van der Waals surface area contributed by atoms with Crippen LogP contribution in [0, 0.1) is 0 Å². The number of carboxylic acids is 1. The molecule has 4 aromatic rings. The molecule has 9 nitrogen and oxygen atoms in total. The van der Waals surface area contributed by atoms with E-state index in [2.05, 4.69) is 20.7 Å². The summed E-state index contributed by atoms with van der Waals surface area (Å²) < 4.78 is 1.66. The number of nitrogens with one attached hydrogen (secondary N) is 2. The Morgan fingerprint density at radius 2 is 1.67 bits per heavy atom. The third-order valence-electron chi connectivity index (χ3n) is 5.24. The van der Waals surface area contributed by atoms with E-state index in [0.29, 0.717) is 22.4 Å². The molecule has 0 unspecified atom stereocenters. The first-order valence-electron chi connectivity index (χ1n) is 11.1. The highest BCUT2D eigenvalue weighted by atomic mass is 16.4. The Balaban J connectivity index is 1.79. The molecule has 0 aliphatic heterocycles. The van der Waals surface area contributed by atoms with Gasteiger partial charge in [0.15, 0.2) is 0 Å². The normalized spacial score (nSPS) is 12.0. The number of para-hydroxylation sites is 1. The molecule has 2 amide bonds. The molecule has 2 heterocycles. The van der Waals surface area contributed by atoms with E-state index in [-0.39, 0.29) is 5.70 Å². The average molecular weight is 482 g/mol. The number of aliphatic carboxylic acids is 1. The van der Waals surface area contributed by atoms with E-state index in [0.717, 1.165) is 5.69 Å². The zero-order valence-corrected chi connectivity index (χ0v) is 19.3. The number of nitrogens with zero attached hydrogens (tertiary/aromatic N) is 3. The minimum Gasteiger partial charge on any atom is -0.480 e. The summed E-state index contributed by atoms with van der Waals surface area (Å²) in [5.41, 5.74) is 2.75. The van der Waals surface area contributed by atoms with Crippen LogP contribution in [0.1, 0.15) is 22.8 Å². The van der Waals surface area contributed by atoms with Crippen LogP contribution in [0.4, 0.5) is 0 Å². The summed E-state index contributed by atoms with van der Waals surface area (Å²) in [5, 5.41) is 18.9. The van der Waals surface area contributed by atoms with E-state index < -0.39 is 23.8 Å². The Morgan fingerprint density at radius 3 is 2.31 bits per heavy atom. The maximum Gasteiger partial charge on any atom is 0.325 e. The van der Waals surface area contributed by atoms with E-state index in [1.54, 1.807) is 59.7 Å². The molecule has 0 fully saturated rings. The lowest BCUT2D eigenvalue weighted by molar-refractivity contribution is -0.140. The Labute approximate surface area is 207 Å². The fourth-order valence-corrected chi connectivity index (χ4v) is 3.37. The molecule has 36 heavy (non-hydrogen) atoms. The van der Waals surface area contributed by atoms with Gasteiger partial charge in [0.25, 0.3) is 11.8 Å². The highest BCUT2D eigenvalue weighted by Crippen LogP contribution is 2.25. The van der Waals surface area contributed by atoms with Crippen molar-refractivity contribution in [1.82, 2.24) is 25.4 Å². The van der Waals surface area contributed by atoms with Gasteiger partial charge in [-0.3, -0.25) is 19.4 Å². The second-order valence-electron chi connectivity index (χ2n) is 7.87. The maximum absolute atomic E-state index is 13.1. The van der Waals surface area contributed by atoms with Gasteiger partial charge in [-0.2, -0.15) is 5.10 Å². The summed E-state index contributed by atoms with van der Waals surface area (Å²) in [4.78, 5) is 41.4. The summed E-state index contributed by atoms with van der Waals surface area (Å²) in [6.07, 6.45) is 6.48. The first-order valence-corrected chi connectivity index (χ1v) is 11.1. The molecule has 0 spiro atoms. The minimum atomic E-state index is -1.20. The number of carbonyl (C=O) groups excluding carboxylic acids is 2. The van der Waals surface area contributed by atoms with Gasteiger partial charge in [-0.05, 0) is 49.4 Å². The largest absolute Gasteiger partial charge is 0.480 e. The summed E-state index contributed by atoms with van der Waals surface area (Å²) in [6.45, 7) is 1.34. The Hall–Kier alpha value is -5.05. The van der Waals surface area contributed by atoms with Crippen molar-refractivity contribution in [3.63, 3.8) is 0 Å². The zero-order valence-electron chi connectivity index (χ0n) is 19.3. The number of hydrogen-bond acceptors (Lipinski definition) is 5. The number of hydrogen-bond donors (Lipinski definition) is 3. The van der Waals surface area contributed by atoms with Gasteiger partial charge in [0.05, 0.1) is 5.69 Å². The summed E-state index contributed by atoms with van der Waals surface area (Å²) in [7, 11) is 0. The van der Waals surface area contributed by atoms with Crippen LogP contribution in [0.25, 0.3) is 23.0 Å². The summed E-state index contributed by atoms with van der Waals surface area (Å²) in [5.74, 6) is -2.47. The first kappa shape index (κ1) is 24.1. The molecular weight excluding hydrogens is 458 g/mol. The van der Waals surface area contributed by atoms with Crippen LogP contribution in [0.5, 0.6) is 0 Å². The summed E-state index contributed by atoms with van der Waals surface area (Å²) >= 11 is 0. The van der Waals surface area contributed by atoms with E-state index in [1.807, 2.05) is 36.4 Å². The topological polar surface area (TPSA) is 126 Å². The lowest BCUT2D eigenvalue weighted by Crippen LogP contribution is -2.42. The van der Waals surface area contributed by atoms with Crippen molar-refractivity contribution in [2.24, 2.45) is 0 Å². The summed E-state index contributed by atoms with van der Waals surface area (Å²) in [6, 6.07) is 20.2. The molecule has 0 radical (unpaired) electrons. The average Bonchev–Trinajstić information content (AvgIpc) is 3.33. The fourth-order valence-electron chi connectivity index (χ4n) is 3.37. The molecule has 0 bridgehead atoms. The van der Waals surface area contributed by atoms with Crippen LogP contribution in [-0.2, 0) is 9.59 Å². The van der Waals surface area contributed by atoms with Crippen molar-refractivity contribution in [1.29, 1.82) is 0 Å². The lowest BCUT2D eigenvalue weighted by Gasteiger charge is -2.13. The van der Waals surface area contributed by atoms with E-state index in [9.17, 15) is 19.5 Å². The number of rotatable bonds is 8. The highest BCUT2D eigenvalue weighted by Gasteiger charge is 2.21. The number of benzene rings is 2. The van der Waals surface area contributed by atoms with Crippen molar-refractivity contribution in [2.45, 2.75) is 13.0 Å². The van der Waals surface area contributed by atoms with Gasteiger partial charge in [0.1, 0.15) is 17.4 Å². The predicted octanol–water partition coefficient (Wildman–Crippen LogP) is 3.29. The van der Waals surface area contributed by atoms with Crippen LogP contribution >= 0.6 is 0 Å². The molecule has 0 saturated heterocycles. The second-order valence-corrected chi connectivity index (χ2v) is 7.87. The molecule has 0 saturated carbocycles. The standard InChI is InChI=1S/C27H23N5O4/c1-18(27(35)36)29-26(34)23(30-25(33)19-9-4-2-5-10-19)15-21-17-32(22-12-6-3-7-13-22)31-24(21)20-11-8-14-28-16-20/h2-18H,1H3,(H,29,34)(H,30,33)(H,35,36)/b23-15+/t18-/m0/s1. The van der Waals surface area contributed by atoms with Crippen LogP contribution in [0.2, 0.25) is 0 Å². The van der Waals surface area contributed by atoms with Crippen LogP contribution in [-0.4, -0.2) is 43.7 Å². The van der Waals surface area contributed by atoms with E-state index in [4.69, 9.17) is 0 Å². The molecule has 3 N–H and O–H groups in total. The minimum absolute atomic E-state index is 0.130. The zero-order chi connectivity index (χ0) is 25.5. The van der Waals surface area contributed by atoms with Crippen LogP contribution in [0.15, 0.2) is 97.1 Å². The first-order chi connectivity index (χ1) is 17.4. The van der Waals surface area contributed by atoms with Crippen molar-refractivity contribution >= 4 is 23.9 Å². The predicted molar refractivity (Wildman–Crippen MR) is 134 cm³/mol. The Bertz CT molecular complexity index is 1400. The molecule has 0 aliphatic rings. The molecule has 1 atom stereocenters. The van der Waals surface area contributed by atoms with Gasteiger partial charge < -0.3 is 15.7 Å². The smallest absolute Gasteiger partial charge is 0.325 e. The van der Waals surface area contributed by atoms with Crippen molar-refractivity contribution in [3.8, 4) is 16.9 Å². The number of carbonyl (C=O) groups is 3. The van der Waals surface area contributed by atoms with Crippen molar-refractivity contribution < 1.29 is 19.5 Å². The van der Waals surface area contributed by atoms with E-state index in [1.165, 1.54) is 13.0 Å². The Kier molecular flexibility index (Phi) is 7.30. The van der Waals surface area contributed by atoms with Crippen LogP contribution < -0.4 is 10.6 Å². The lowest BCUT2D eigenvalue weighted by atomic mass is 10.1. The third-order valence-corrected chi connectivity index (χ3v) is 5.24. The fraction of sp³-hybridized carbons (Fsp3) is 0.0741. The molecule has 180 valence electrons. The van der Waals surface area contributed by atoms with Gasteiger partial charge in [0.2, 0.25) is 0 Å². The quantitative estimate of drug-likeness (QED) is 0.332. The second kappa shape index (κ2) is 10.9. The molecular formula is C27H23N5O4. The molecule has 9 heteroatoms. The molecule has 0 aliphatic carbocycles.